The SMILES string of the molecule is CCCN(CC)CCNS(=O)(=O)c1cnc(Cl)c(Cl)c1. The van der Waals surface area contributed by atoms with Crippen LogP contribution in [0.15, 0.2) is 17.2 Å². The van der Waals surface area contributed by atoms with Gasteiger partial charge < -0.3 is 4.90 Å². The summed E-state index contributed by atoms with van der Waals surface area (Å²) in [6.45, 7) is 6.99. The number of pyridine rings is 1. The molecule has 0 radical (unpaired) electrons. The normalized spacial score (nSPS) is 12.1. The fraction of sp³-hybridized carbons (Fsp3) is 0.583. The Labute approximate surface area is 130 Å². The van der Waals surface area contributed by atoms with E-state index in [0.717, 1.165) is 19.5 Å². The summed E-state index contributed by atoms with van der Waals surface area (Å²) < 4.78 is 26.6. The van der Waals surface area contributed by atoms with Crippen molar-refractivity contribution in [3.63, 3.8) is 0 Å². The summed E-state index contributed by atoms with van der Waals surface area (Å²) in [5.41, 5.74) is 0. The first-order chi connectivity index (χ1) is 9.40. The van der Waals surface area contributed by atoms with Crippen molar-refractivity contribution in [3.05, 3.63) is 22.4 Å². The fourth-order valence-corrected chi connectivity index (χ4v) is 3.04. The highest BCUT2D eigenvalue weighted by molar-refractivity contribution is 7.89. The molecule has 0 aliphatic rings. The predicted molar refractivity (Wildman–Crippen MR) is 81.9 cm³/mol. The van der Waals surface area contributed by atoms with Crippen LogP contribution in [0.3, 0.4) is 0 Å². The topological polar surface area (TPSA) is 62.3 Å². The van der Waals surface area contributed by atoms with Gasteiger partial charge in [-0.1, -0.05) is 37.0 Å². The monoisotopic (exact) mass is 339 g/mol. The van der Waals surface area contributed by atoms with E-state index < -0.39 is 10.0 Å². The van der Waals surface area contributed by atoms with Gasteiger partial charge in [0.2, 0.25) is 10.0 Å². The van der Waals surface area contributed by atoms with Gasteiger partial charge in [0.1, 0.15) is 10.0 Å². The first-order valence-corrected chi connectivity index (χ1v) is 8.67. The third-order valence-electron chi connectivity index (χ3n) is 2.79. The molecule has 0 saturated heterocycles. The van der Waals surface area contributed by atoms with Crippen LogP contribution in [-0.2, 0) is 10.0 Å². The lowest BCUT2D eigenvalue weighted by Gasteiger charge is -2.19. The van der Waals surface area contributed by atoms with E-state index >= 15 is 0 Å². The molecule has 5 nitrogen and oxygen atoms in total. The summed E-state index contributed by atoms with van der Waals surface area (Å²) in [5.74, 6) is 0. The standard InChI is InChI=1S/C12H19Cl2N3O2S/c1-3-6-17(4-2)7-5-16-20(18,19)10-8-11(13)12(14)15-9-10/h8-9,16H,3-7H2,1-2H3. The van der Waals surface area contributed by atoms with Crippen molar-refractivity contribution in [1.29, 1.82) is 0 Å². The van der Waals surface area contributed by atoms with Crippen LogP contribution in [0, 0.1) is 0 Å². The molecule has 0 unspecified atom stereocenters. The first kappa shape index (κ1) is 17.7. The number of hydrogen-bond donors (Lipinski definition) is 1. The molecular weight excluding hydrogens is 321 g/mol. The molecule has 114 valence electrons. The molecule has 1 N–H and O–H groups in total. The molecule has 8 heteroatoms. The highest BCUT2D eigenvalue weighted by atomic mass is 35.5. The Morgan fingerprint density at radius 2 is 2.00 bits per heavy atom. The van der Waals surface area contributed by atoms with Gasteiger partial charge in [0.25, 0.3) is 0 Å². The van der Waals surface area contributed by atoms with E-state index in [2.05, 4.69) is 21.5 Å². The van der Waals surface area contributed by atoms with Crippen LogP contribution in [0.4, 0.5) is 0 Å². The Bertz CT molecular complexity index is 538. The van der Waals surface area contributed by atoms with Gasteiger partial charge in [0, 0.05) is 19.3 Å². The van der Waals surface area contributed by atoms with E-state index in [-0.39, 0.29) is 15.1 Å². The summed E-state index contributed by atoms with van der Waals surface area (Å²) in [6, 6.07) is 1.29. The highest BCUT2D eigenvalue weighted by Gasteiger charge is 2.16. The Hall–Kier alpha value is -0.400. The quantitative estimate of drug-likeness (QED) is 0.738. The molecule has 1 rings (SSSR count). The number of nitrogens with one attached hydrogen (secondary N) is 1. The Balaban J connectivity index is 2.63. The summed E-state index contributed by atoms with van der Waals surface area (Å²) in [7, 11) is -3.60. The van der Waals surface area contributed by atoms with Crippen LogP contribution >= 0.6 is 23.2 Å². The van der Waals surface area contributed by atoms with Gasteiger partial charge in [-0.3, -0.25) is 0 Å². The second-order valence-electron chi connectivity index (χ2n) is 4.28. The van der Waals surface area contributed by atoms with Crippen LogP contribution in [0.1, 0.15) is 20.3 Å². The summed E-state index contributed by atoms with van der Waals surface area (Å²) in [6.07, 6.45) is 2.23. The largest absolute Gasteiger partial charge is 0.302 e. The third kappa shape index (κ3) is 5.18. The molecule has 20 heavy (non-hydrogen) atoms. The minimum Gasteiger partial charge on any atom is -0.302 e. The smallest absolute Gasteiger partial charge is 0.242 e. The molecule has 1 heterocycles. The second-order valence-corrected chi connectivity index (χ2v) is 6.81. The number of rotatable bonds is 8. The van der Waals surface area contributed by atoms with Gasteiger partial charge >= 0.3 is 0 Å². The molecule has 0 fully saturated rings. The first-order valence-electron chi connectivity index (χ1n) is 6.43. The highest BCUT2D eigenvalue weighted by Crippen LogP contribution is 2.21. The Morgan fingerprint density at radius 3 is 2.55 bits per heavy atom. The van der Waals surface area contributed by atoms with Crippen LogP contribution in [0.25, 0.3) is 0 Å². The lowest BCUT2D eigenvalue weighted by Crippen LogP contribution is -2.35. The van der Waals surface area contributed by atoms with Gasteiger partial charge in [-0.2, -0.15) is 0 Å². The van der Waals surface area contributed by atoms with Gasteiger partial charge in [0.05, 0.1) is 5.02 Å². The zero-order valence-corrected chi connectivity index (χ0v) is 13.9. The summed E-state index contributed by atoms with van der Waals surface area (Å²) in [4.78, 5) is 5.93. The number of hydrogen-bond acceptors (Lipinski definition) is 4. The molecule has 0 amide bonds. The lowest BCUT2D eigenvalue weighted by atomic mass is 10.4. The van der Waals surface area contributed by atoms with E-state index in [1.165, 1.54) is 12.3 Å². The molecule has 1 aromatic rings. The van der Waals surface area contributed by atoms with E-state index in [9.17, 15) is 8.42 Å². The molecule has 0 saturated carbocycles. The van der Waals surface area contributed by atoms with E-state index in [4.69, 9.17) is 23.2 Å². The van der Waals surface area contributed by atoms with Crippen LogP contribution in [0.5, 0.6) is 0 Å². The number of likely N-dealkylation sites (N-methyl/N-ethyl adjacent to an activating group) is 1. The average Bonchev–Trinajstić information content (AvgIpc) is 2.40. The van der Waals surface area contributed by atoms with Gasteiger partial charge in [-0.05, 0) is 25.6 Å². The molecule has 0 aromatic carbocycles. The summed E-state index contributed by atoms with van der Waals surface area (Å²) >= 11 is 11.4. The molecule has 0 aliphatic heterocycles. The molecule has 0 bridgehead atoms. The predicted octanol–water partition coefficient (Wildman–Crippen LogP) is 2.40. The van der Waals surface area contributed by atoms with E-state index in [1.807, 2.05) is 6.92 Å². The Morgan fingerprint density at radius 1 is 1.30 bits per heavy atom. The fourth-order valence-electron chi connectivity index (χ4n) is 1.72. The van der Waals surface area contributed by atoms with Crippen molar-refractivity contribution in [1.82, 2.24) is 14.6 Å². The molecule has 0 aliphatic carbocycles. The van der Waals surface area contributed by atoms with Gasteiger partial charge in [-0.15, -0.1) is 0 Å². The Kier molecular flexibility index (Phi) is 7.19. The molecule has 1 aromatic heterocycles. The van der Waals surface area contributed by atoms with Crippen molar-refractivity contribution in [2.24, 2.45) is 0 Å². The van der Waals surface area contributed by atoms with Crippen molar-refractivity contribution < 1.29 is 8.42 Å². The minimum atomic E-state index is -3.60. The van der Waals surface area contributed by atoms with Crippen molar-refractivity contribution in [3.8, 4) is 0 Å². The molecule has 0 atom stereocenters. The number of aromatic nitrogens is 1. The number of halogens is 2. The number of sulfonamides is 1. The average molecular weight is 340 g/mol. The van der Waals surface area contributed by atoms with Crippen LogP contribution in [-0.4, -0.2) is 44.5 Å². The van der Waals surface area contributed by atoms with Crippen LogP contribution in [0.2, 0.25) is 10.2 Å². The van der Waals surface area contributed by atoms with Gasteiger partial charge in [0.15, 0.2) is 0 Å². The minimum absolute atomic E-state index is 0.0189. The zero-order chi connectivity index (χ0) is 15.2. The van der Waals surface area contributed by atoms with Crippen molar-refractivity contribution in [2.45, 2.75) is 25.2 Å². The maximum Gasteiger partial charge on any atom is 0.242 e. The number of nitrogens with zero attached hydrogens (tertiary/aromatic N) is 2. The molecular formula is C12H19Cl2N3O2S. The van der Waals surface area contributed by atoms with E-state index in [1.54, 1.807) is 0 Å². The second kappa shape index (κ2) is 8.14. The summed E-state index contributed by atoms with van der Waals surface area (Å²) in [5, 5.41) is 0.210. The maximum atomic E-state index is 12.1. The van der Waals surface area contributed by atoms with Crippen molar-refractivity contribution in [2.75, 3.05) is 26.2 Å². The lowest BCUT2D eigenvalue weighted by molar-refractivity contribution is 0.293. The van der Waals surface area contributed by atoms with Crippen molar-refractivity contribution >= 4 is 33.2 Å². The van der Waals surface area contributed by atoms with Crippen LogP contribution < -0.4 is 4.72 Å². The van der Waals surface area contributed by atoms with Gasteiger partial charge in [-0.25, -0.2) is 18.1 Å². The van der Waals surface area contributed by atoms with E-state index in [0.29, 0.717) is 13.1 Å². The maximum absolute atomic E-state index is 12.1. The molecule has 0 spiro atoms. The third-order valence-corrected chi connectivity index (χ3v) is 4.90. The zero-order valence-electron chi connectivity index (χ0n) is 11.6.